The molecule has 0 aromatic heterocycles. The second kappa shape index (κ2) is 7.99. The fourth-order valence-electron chi connectivity index (χ4n) is 2.72. The molecule has 1 atom stereocenters. The highest BCUT2D eigenvalue weighted by Crippen LogP contribution is 2.30. The van der Waals surface area contributed by atoms with Crippen molar-refractivity contribution in [3.8, 4) is 0 Å². The highest BCUT2D eigenvalue weighted by Gasteiger charge is 2.16. The first-order chi connectivity index (χ1) is 11.7. The molecule has 0 saturated heterocycles. The predicted octanol–water partition coefficient (Wildman–Crippen LogP) is 4.44. The molecule has 0 heterocycles. The Bertz CT molecular complexity index is 820. The first kappa shape index (κ1) is 16.6. The van der Waals surface area contributed by atoms with Gasteiger partial charge in [-0.2, -0.15) is 0 Å². The molecule has 0 aliphatic carbocycles. The number of nitrogens with one attached hydrogen (secondary N) is 1. The first-order valence-corrected chi connectivity index (χ1v) is 8.75. The van der Waals surface area contributed by atoms with Crippen LogP contribution in [0.15, 0.2) is 77.7 Å². The van der Waals surface area contributed by atoms with Gasteiger partial charge in [0, 0.05) is 16.6 Å². The fourth-order valence-corrected chi connectivity index (χ4v) is 3.96. The second-order valence-corrected chi connectivity index (χ2v) is 7.05. The van der Waals surface area contributed by atoms with Crippen molar-refractivity contribution in [3.63, 3.8) is 0 Å². The maximum Gasteiger partial charge on any atom is 0.244 e. The average Bonchev–Trinajstić information content (AvgIpc) is 2.62. The van der Waals surface area contributed by atoms with Crippen molar-refractivity contribution in [3.05, 3.63) is 78.4 Å². The Hall–Kier alpha value is -2.30. The van der Waals surface area contributed by atoms with Gasteiger partial charge in [0.25, 0.3) is 0 Å². The molecular weight excluding hydrogens is 318 g/mol. The van der Waals surface area contributed by atoms with Crippen LogP contribution in [-0.4, -0.2) is 16.4 Å². The number of benzene rings is 3. The molecule has 24 heavy (non-hydrogen) atoms. The summed E-state index contributed by atoms with van der Waals surface area (Å²) in [5.41, 5.74) is 2.93. The molecule has 4 heteroatoms. The molecule has 3 aromatic carbocycles. The summed E-state index contributed by atoms with van der Waals surface area (Å²) < 4.78 is 0. The maximum atomic E-state index is 11.6. The lowest BCUT2D eigenvalue weighted by Gasteiger charge is -2.16. The van der Waals surface area contributed by atoms with Crippen molar-refractivity contribution in [2.45, 2.75) is 23.0 Å². The minimum Gasteiger partial charge on any atom is -0.289 e. The van der Waals surface area contributed by atoms with E-state index in [9.17, 15) is 4.79 Å². The first-order valence-electron chi connectivity index (χ1n) is 7.87. The summed E-state index contributed by atoms with van der Waals surface area (Å²) in [6, 6.07) is 24.7. The Balaban J connectivity index is 1.79. The van der Waals surface area contributed by atoms with E-state index in [4.69, 9.17) is 5.21 Å². The van der Waals surface area contributed by atoms with Crippen LogP contribution in [0.3, 0.4) is 0 Å². The Labute approximate surface area is 145 Å². The standard InChI is InChI=1S/C20H19NO2S/c22-20(21-23)14-19(12-15-6-2-1-3-7-15)24-18-11-10-16-8-4-5-9-17(16)13-18/h1-11,13,19,23H,12,14H2,(H,21,22). The smallest absolute Gasteiger partial charge is 0.244 e. The molecule has 2 N–H and O–H groups in total. The van der Waals surface area contributed by atoms with Gasteiger partial charge in [-0.1, -0.05) is 60.7 Å². The Kier molecular flexibility index (Phi) is 5.51. The highest BCUT2D eigenvalue weighted by molar-refractivity contribution is 8.00. The molecular formula is C20H19NO2S. The molecule has 122 valence electrons. The van der Waals surface area contributed by atoms with Crippen LogP contribution in [0.1, 0.15) is 12.0 Å². The van der Waals surface area contributed by atoms with Crippen molar-refractivity contribution in [2.75, 3.05) is 0 Å². The van der Waals surface area contributed by atoms with Crippen LogP contribution in [-0.2, 0) is 11.2 Å². The van der Waals surface area contributed by atoms with Gasteiger partial charge < -0.3 is 0 Å². The average molecular weight is 337 g/mol. The van der Waals surface area contributed by atoms with E-state index in [0.717, 1.165) is 11.3 Å². The third kappa shape index (κ3) is 4.37. The van der Waals surface area contributed by atoms with Crippen molar-refractivity contribution in [1.82, 2.24) is 5.48 Å². The van der Waals surface area contributed by atoms with E-state index < -0.39 is 0 Å². The molecule has 0 fully saturated rings. The van der Waals surface area contributed by atoms with Gasteiger partial charge in [0.1, 0.15) is 0 Å². The van der Waals surface area contributed by atoms with E-state index in [0.29, 0.717) is 0 Å². The number of amides is 1. The van der Waals surface area contributed by atoms with Crippen LogP contribution in [0.25, 0.3) is 10.8 Å². The summed E-state index contributed by atoms with van der Waals surface area (Å²) in [4.78, 5) is 12.8. The monoisotopic (exact) mass is 337 g/mol. The van der Waals surface area contributed by atoms with Crippen LogP contribution < -0.4 is 5.48 Å². The van der Waals surface area contributed by atoms with Crippen LogP contribution in [0.5, 0.6) is 0 Å². The molecule has 0 aliphatic heterocycles. The molecule has 0 aliphatic rings. The minimum absolute atomic E-state index is 0.0562. The van der Waals surface area contributed by atoms with Crippen LogP contribution in [0.2, 0.25) is 0 Å². The van der Waals surface area contributed by atoms with E-state index in [1.807, 2.05) is 30.3 Å². The molecule has 3 nitrogen and oxygen atoms in total. The molecule has 3 aromatic rings. The summed E-state index contributed by atoms with van der Waals surface area (Å²) in [7, 11) is 0. The van der Waals surface area contributed by atoms with E-state index in [-0.39, 0.29) is 17.6 Å². The number of carbonyl (C=O) groups excluding carboxylic acids is 1. The number of rotatable bonds is 6. The van der Waals surface area contributed by atoms with Gasteiger partial charge in [0.15, 0.2) is 0 Å². The van der Waals surface area contributed by atoms with Crippen molar-refractivity contribution in [2.24, 2.45) is 0 Å². The SMILES string of the molecule is O=C(CC(Cc1ccccc1)Sc1ccc2ccccc2c1)NO. The molecule has 0 spiro atoms. The number of hydroxylamine groups is 1. The van der Waals surface area contributed by atoms with Crippen LogP contribution >= 0.6 is 11.8 Å². The Morgan fingerprint density at radius 2 is 1.67 bits per heavy atom. The number of fused-ring (bicyclic) bond motifs is 1. The molecule has 0 saturated carbocycles. The van der Waals surface area contributed by atoms with Gasteiger partial charge in [-0.15, -0.1) is 11.8 Å². The van der Waals surface area contributed by atoms with Crippen molar-refractivity contribution in [1.29, 1.82) is 0 Å². The van der Waals surface area contributed by atoms with Gasteiger partial charge in [-0.05, 0) is 34.9 Å². The number of thioether (sulfide) groups is 1. The van der Waals surface area contributed by atoms with Gasteiger partial charge in [-0.25, -0.2) is 5.48 Å². The number of carbonyl (C=O) groups is 1. The molecule has 0 radical (unpaired) electrons. The third-order valence-electron chi connectivity index (χ3n) is 3.87. The lowest BCUT2D eigenvalue weighted by Crippen LogP contribution is -2.24. The normalized spacial score (nSPS) is 12.0. The molecule has 1 unspecified atom stereocenters. The van der Waals surface area contributed by atoms with E-state index in [1.165, 1.54) is 16.3 Å². The fraction of sp³-hybridized carbons (Fsp3) is 0.150. The van der Waals surface area contributed by atoms with Gasteiger partial charge >= 0.3 is 0 Å². The topological polar surface area (TPSA) is 49.3 Å². The zero-order valence-corrected chi connectivity index (χ0v) is 14.0. The van der Waals surface area contributed by atoms with E-state index in [2.05, 4.69) is 42.5 Å². The predicted molar refractivity (Wildman–Crippen MR) is 98.3 cm³/mol. The largest absolute Gasteiger partial charge is 0.289 e. The third-order valence-corrected chi connectivity index (χ3v) is 5.06. The lowest BCUT2D eigenvalue weighted by atomic mass is 10.1. The van der Waals surface area contributed by atoms with Gasteiger partial charge in [0.05, 0.1) is 0 Å². The molecule has 3 rings (SSSR count). The van der Waals surface area contributed by atoms with Crippen molar-refractivity contribution >= 4 is 28.4 Å². The minimum atomic E-state index is -0.357. The summed E-state index contributed by atoms with van der Waals surface area (Å²) >= 11 is 1.67. The summed E-state index contributed by atoms with van der Waals surface area (Å²) in [6.07, 6.45) is 1.04. The number of hydrogen-bond acceptors (Lipinski definition) is 3. The Morgan fingerprint density at radius 3 is 2.42 bits per heavy atom. The summed E-state index contributed by atoms with van der Waals surface area (Å²) in [6.45, 7) is 0. The maximum absolute atomic E-state index is 11.6. The zero-order chi connectivity index (χ0) is 16.8. The Morgan fingerprint density at radius 1 is 0.958 bits per heavy atom. The second-order valence-electron chi connectivity index (χ2n) is 5.68. The van der Waals surface area contributed by atoms with Gasteiger partial charge in [0.2, 0.25) is 5.91 Å². The van der Waals surface area contributed by atoms with E-state index >= 15 is 0 Å². The number of hydrogen-bond donors (Lipinski definition) is 2. The molecule has 0 bridgehead atoms. The zero-order valence-electron chi connectivity index (χ0n) is 13.2. The summed E-state index contributed by atoms with van der Waals surface area (Å²) in [5.74, 6) is -0.357. The van der Waals surface area contributed by atoms with Crippen molar-refractivity contribution < 1.29 is 10.0 Å². The van der Waals surface area contributed by atoms with Crippen LogP contribution in [0, 0.1) is 0 Å². The lowest BCUT2D eigenvalue weighted by molar-refractivity contribution is -0.129. The highest BCUT2D eigenvalue weighted by atomic mass is 32.2. The van der Waals surface area contributed by atoms with Gasteiger partial charge in [-0.3, -0.25) is 10.0 Å². The molecule has 1 amide bonds. The summed E-state index contributed by atoms with van der Waals surface area (Å²) in [5, 5.41) is 11.3. The van der Waals surface area contributed by atoms with Crippen LogP contribution in [0.4, 0.5) is 0 Å². The quantitative estimate of drug-likeness (QED) is 0.397. The van der Waals surface area contributed by atoms with E-state index in [1.54, 1.807) is 17.2 Å².